The molecule has 1 aliphatic carbocycles. The quantitative estimate of drug-likeness (QED) is 0.680. The van der Waals surface area contributed by atoms with Gasteiger partial charge in [-0.2, -0.15) is 0 Å². The van der Waals surface area contributed by atoms with E-state index in [0.29, 0.717) is 0 Å². The molecule has 11 heavy (non-hydrogen) atoms. The number of carbonyl (C=O) groups is 1. The summed E-state index contributed by atoms with van der Waals surface area (Å²) in [7, 11) is 0. The van der Waals surface area contributed by atoms with E-state index in [4.69, 9.17) is 5.11 Å². The maximum absolute atomic E-state index is 10.9. The summed E-state index contributed by atoms with van der Waals surface area (Å²) in [5.74, 6) is -0.607. The van der Waals surface area contributed by atoms with Crippen LogP contribution in [-0.2, 0) is 4.79 Å². The van der Waals surface area contributed by atoms with E-state index >= 15 is 0 Å². The fraction of sp³-hybridized carbons (Fsp3) is 0.889. The van der Waals surface area contributed by atoms with Gasteiger partial charge in [0.15, 0.2) is 0 Å². The minimum atomic E-state index is -0.607. The molecule has 64 valence electrons. The van der Waals surface area contributed by atoms with E-state index in [0.717, 1.165) is 19.3 Å². The van der Waals surface area contributed by atoms with Crippen molar-refractivity contribution in [3.05, 3.63) is 0 Å². The average Bonchev–Trinajstić information content (AvgIpc) is 2.59. The van der Waals surface area contributed by atoms with Crippen molar-refractivity contribution in [3.8, 4) is 0 Å². The zero-order valence-electron chi connectivity index (χ0n) is 7.48. The molecule has 1 N–H and O–H groups in total. The second-order valence-corrected chi connectivity index (χ2v) is 3.83. The lowest BCUT2D eigenvalue weighted by Gasteiger charge is -2.14. The molecule has 0 heterocycles. The zero-order valence-corrected chi connectivity index (χ0v) is 7.48. The van der Waals surface area contributed by atoms with Gasteiger partial charge in [0.25, 0.3) is 0 Å². The van der Waals surface area contributed by atoms with Crippen LogP contribution in [0.15, 0.2) is 0 Å². The lowest BCUT2D eigenvalue weighted by Crippen LogP contribution is -2.20. The van der Waals surface area contributed by atoms with Crippen molar-refractivity contribution in [3.63, 3.8) is 0 Å². The number of hydrogen-bond donors (Lipinski definition) is 1. The van der Waals surface area contributed by atoms with E-state index in [1.165, 1.54) is 0 Å². The van der Waals surface area contributed by atoms with Crippen molar-refractivity contribution in [1.82, 2.24) is 0 Å². The Morgan fingerprint density at radius 2 is 2.00 bits per heavy atom. The van der Waals surface area contributed by atoms with Gasteiger partial charge in [-0.15, -0.1) is 0 Å². The van der Waals surface area contributed by atoms with E-state index in [1.54, 1.807) is 0 Å². The van der Waals surface area contributed by atoms with Crippen LogP contribution in [-0.4, -0.2) is 11.1 Å². The summed E-state index contributed by atoms with van der Waals surface area (Å²) in [5, 5.41) is 8.97. The van der Waals surface area contributed by atoms with E-state index in [-0.39, 0.29) is 10.8 Å². The van der Waals surface area contributed by atoms with Crippen molar-refractivity contribution in [2.24, 2.45) is 10.8 Å². The highest BCUT2D eigenvalue weighted by Gasteiger charge is 2.66. The van der Waals surface area contributed by atoms with Gasteiger partial charge in [0.05, 0.1) is 5.41 Å². The third-order valence-electron chi connectivity index (χ3n) is 3.52. The van der Waals surface area contributed by atoms with Crippen LogP contribution in [0.2, 0.25) is 0 Å². The van der Waals surface area contributed by atoms with Crippen molar-refractivity contribution >= 4 is 5.97 Å². The molecule has 0 aromatic rings. The SMILES string of the molecule is CCC1(C)CC1(CC)C(=O)O. The summed E-state index contributed by atoms with van der Waals surface area (Å²) in [4.78, 5) is 10.9. The fourth-order valence-corrected chi connectivity index (χ4v) is 2.12. The Kier molecular flexibility index (Phi) is 1.73. The van der Waals surface area contributed by atoms with Crippen molar-refractivity contribution in [2.75, 3.05) is 0 Å². The number of rotatable bonds is 3. The summed E-state index contributed by atoms with van der Waals surface area (Å²) >= 11 is 0. The summed E-state index contributed by atoms with van der Waals surface area (Å²) in [6.45, 7) is 6.11. The number of aliphatic carboxylic acids is 1. The number of hydrogen-bond acceptors (Lipinski definition) is 1. The Hall–Kier alpha value is -0.530. The molecule has 0 aromatic heterocycles. The predicted molar refractivity (Wildman–Crippen MR) is 43.4 cm³/mol. The maximum atomic E-state index is 10.9. The van der Waals surface area contributed by atoms with Crippen LogP contribution in [0.25, 0.3) is 0 Å². The van der Waals surface area contributed by atoms with Crippen LogP contribution in [0.1, 0.15) is 40.0 Å². The van der Waals surface area contributed by atoms with Gasteiger partial charge >= 0.3 is 5.97 Å². The van der Waals surface area contributed by atoms with Crippen LogP contribution in [0.4, 0.5) is 0 Å². The Morgan fingerprint density at radius 3 is 2.09 bits per heavy atom. The molecule has 1 aliphatic rings. The van der Waals surface area contributed by atoms with Gasteiger partial charge in [-0.1, -0.05) is 20.8 Å². The van der Waals surface area contributed by atoms with Crippen molar-refractivity contribution < 1.29 is 9.90 Å². The molecular weight excluding hydrogens is 140 g/mol. The molecule has 0 saturated heterocycles. The highest BCUT2D eigenvalue weighted by Crippen LogP contribution is 2.67. The molecule has 2 heteroatoms. The molecule has 0 bridgehead atoms. The van der Waals surface area contributed by atoms with Gasteiger partial charge < -0.3 is 5.11 Å². The highest BCUT2D eigenvalue weighted by atomic mass is 16.4. The molecule has 2 atom stereocenters. The monoisotopic (exact) mass is 156 g/mol. The predicted octanol–water partition coefficient (Wildman–Crippen LogP) is 2.29. The van der Waals surface area contributed by atoms with E-state index in [9.17, 15) is 4.79 Å². The van der Waals surface area contributed by atoms with Gasteiger partial charge in [0, 0.05) is 0 Å². The van der Waals surface area contributed by atoms with Crippen LogP contribution in [0.3, 0.4) is 0 Å². The minimum Gasteiger partial charge on any atom is -0.481 e. The fourth-order valence-electron chi connectivity index (χ4n) is 2.12. The average molecular weight is 156 g/mol. The van der Waals surface area contributed by atoms with Crippen molar-refractivity contribution in [1.29, 1.82) is 0 Å². The van der Waals surface area contributed by atoms with E-state index < -0.39 is 5.97 Å². The highest BCUT2D eigenvalue weighted by molar-refractivity contribution is 5.79. The number of carboxylic acids is 1. The topological polar surface area (TPSA) is 37.3 Å². The Balaban J connectivity index is 2.78. The normalized spacial score (nSPS) is 42.1. The largest absolute Gasteiger partial charge is 0.481 e. The molecule has 2 nitrogen and oxygen atoms in total. The van der Waals surface area contributed by atoms with Gasteiger partial charge in [0.1, 0.15) is 0 Å². The molecule has 0 aliphatic heterocycles. The van der Waals surface area contributed by atoms with Crippen LogP contribution < -0.4 is 0 Å². The smallest absolute Gasteiger partial charge is 0.310 e. The Labute approximate surface area is 67.6 Å². The van der Waals surface area contributed by atoms with Crippen LogP contribution in [0, 0.1) is 10.8 Å². The van der Waals surface area contributed by atoms with Gasteiger partial charge in [-0.05, 0) is 24.7 Å². The van der Waals surface area contributed by atoms with E-state index in [1.807, 2.05) is 6.92 Å². The molecule has 0 spiro atoms. The Bertz CT molecular complexity index is 188. The van der Waals surface area contributed by atoms with Gasteiger partial charge in [0.2, 0.25) is 0 Å². The minimum absolute atomic E-state index is 0.0770. The standard InChI is InChI=1S/C9H16O2/c1-4-8(3)6-9(8,5-2)7(10)11/h4-6H2,1-3H3,(H,10,11). The van der Waals surface area contributed by atoms with Crippen LogP contribution in [0.5, 0.6) is 0 Å². The summed E-state index contributed by atoms with van der Waals surface area (Å²) in [6, 6.07) is 0. The van der Waals surface area contributed by atoms with Gasteiger partial charge in [-0.25, -0.2) is 0 Å². The summed E-state index contributed by atoms with van der Waals surface area (Å²) in [6.07, 6.45) is 2.61. The number of carboxylic acid groups (broad SMARTS) is 1. The molecule has 1 rings (SSSR count). The molecular formula is C9H16O2. The zero-order chi connectivity index (χ0) is 8.70. The first-order chi connectivity index (χ1) is 5.02. The molecule has 2 unspecified atom stereocenters. The third kappa shape index (κ3) is 0.883. The molecule has 1 saturated carbocycles. The lowest BCUT2D eigenvalue weighted by molar-refractivity contribution is -0.145. The first-order valence-corrected chi connectivity index (χ1v) is 4.26. The summed E-state index contributed by atoms with van der Waals surface area (Å²) in [5.41, 5.74) is -0.310. The first kappa shape index (κ1) is 8.57. The van der Waals surface area contributed by atoms with E-state index in [2.05, 4.69) is 13.8 Å². The lowest BCUT2D eigenvalue weighted by atomic mass is 9.90. The molecule has 0 aromatic carbocycles. The van der Waals surface area contributed by atoms with Crippen molar-refractivity contribution in [2.45, 2.75) is 40.0 Å². The Morgan fingerprint density at radius 1 is 1.45 bits per heavy atom. The van der Waals surface area contributed by atoms with Crippen LogP contribution >= 0.6 is 0 Å². The van der Waals surface area contributed by atoms with Gasteiger partial charge in [-0.3, -0.25) is 4.79 Å². The third-order valence-corrected chi connectivity index (χ3v) is 3.52. The molecule has 1 fully saturated rings. The molecule has 0 amide bonds. The second-order valence-electron chi connectivity index (χ2n) is 3.83. The summed E-state index contributed by atoms with van der Waals surface area (Å²) < 4.78 is 0. The maximum Gasteiger partial charge on any atom is 0.310 e. The molecule has 0 radical (unpaired) electrons. The second kappa shape index (κ2) is 2.23. The first-order valence-electron chi connectivity index (χ1n) is 4.26.